The lowest BCUT2D eigenvalue weighted by molar-refractivity contribution is -0.143. The van der Waals surface area contributed by atoms with E-state index in [1.54, 1.807) is 0 Å². The van der Waals surface area contributed by atoms with E-state index in [0.717, 1.165) is 36.3 Å². The molecule has 1 saturated heterocycles. The van der Waals surface area contributed by atoms with Crippen molar-refractivity contribution in [1.82, 2.24) is 9.80 Å². The van der Waals surface area contributed by atoms with Crippen LogP contribution in [0.5, 0.6) is 0 Å². The average Bonchev–Trinajstić information content (AvgIpc) is 2.84. The number of hydrogen-bond donors (Lipinski definition) is 0. The van der Waals surface area contributed by atoms with Crippen molar-refractivity contribution in [2.24, 2.45) is 0 Å². The Morgan fingerprint density at radius 1 is 0.722 bits per heavy atom. The third-order valence-corrected chi connectivity index (χ3v) is 7.97. The summed E-state index contributed by atoms with van der Waals surface area (Å²) in [6.45, 7) is 7.02. The van der Waals surface area contributed by atoms with E-state index in [2.05, 4.69) is 9.80 Å². The second kappa shape index (κ2) is 10.4. The monoisotopic (exact) mass is 512 g/mol. The van der Waals surface area contributed by atoms with Gasteiger partial charge in [-0.1, -0.05) is 49.1 Å². The van der Waals surface area contributed by atoms with E-state index in [0.29, 0.717) is 19.1 Å². The molecule has 36 heavy (non-hydrogen) atoms. The van der Waals surface area contributed by atoms with E-state index in [1.807, 2.05) is 38.1 Å². The highest BCUT2D eigenvalue weighted by Gasteiger charge is 2.40. The lowest BCUT2D eigenvalue weighted by atomic mass is 9.82. The number of hydrogen-bond acceptors (Lipinski definition) is 2. The fourth-order valence-electron chi connectivity index (χ4n) is 5.85. The third kappa shape index (κ3) is 6.08. The van der Waals surface area contributed by atoms with Gasteiger partial charge in [0.1, 0.15) is 0 Å². The Morgan fingerprint density at radius 2 is 1.25 bits per heavy atom. The van der Waals surface area contributed by atoms with Crippen molar-refractivity contribution in [1.29, 1.82) is 0 Å². The quantitative estimate of drug-likeness (QED) is 0.384. The zero-order valence-electron chi connectivity index (χ0n) is 20.9. The van der Waals surface area contributed by atoms with E-state index in [9.17, 15) is 26.3 Å². The van der Waals surface area contributed by atoms with Crippen LogP contribution < -0.4 is 0 Å². The summed E-state index contributed by atoms with van der Waals surface area (Å²) in [7, 11) is 0. The van der Waals surface area contributed by atoms with Gasteiger partial charge in [0.2, 0.25) is 0 Å². The molecule has 1 aliphatic carbocycles. The lowest BCUT2D eigenvalue weighted by Gasteiger charge is -2.48. The molecular formula is C28H34F6N2. The number of halogens is 6. The van der Waals surface area contributed by atoms with Crippen molar-refractivity contribution in [2.75, 3.05) is 26.2 Å². The van der Waals surface area contributed by atoms with Crippen LogP contribution in [0.2, 0.25) is 0 Å². The Kier molecular flexibility index (Phi) is 7.77. The van der Waals surface area contributed by atoms with Crippen molar-refractivity contribution in [3.8, 4) is 0 Å². The summed E-state index contributed by atoms with van der Waals surface area (Å²) >= 11 is 0. The maximum Gasteiger partial charge on any atom is 0.416 e. The van der Waals surface area contributed by atoms with E-state index in [-0.39, 0.29) is 18.1 Å². The van der Waals surface area contributed by atoms with Crippen LogP contribution in [0.4, 0.5) is 26.3 Å². The molecule has 2 fully saturated rings. The summed E-state index contributed by atoms with van der Waals surface area (Å²) in [5.41, 5.74) is -1.30. The van der Waals surface area contributed by atoms with E-state index >= 15 is 0 Å². The molecular weight excluding hydrogens is 478 g/mol. The topological polar surface area (TPSA) is 6.48 Å². The predicted molar refractivity (Wildman–Crippen MR) is 129 cm³/mol. The van der Waals surface area contributed by atoms with Crippen molar-refractivity contribution in [3.05, 3.63) is 70.3 Å². The molecule has 2 aliphatic rings. The largest absolute Gasteiger partial charge is 0.416 e. The normalized spacial score (nSPS) is 20.9. The van der Waals surface area contributed by atoms with Gasteiger partial charge < -0.3 is 0 Å². The molecule has 0 aromatic heterocycles. The van der Waals surface area contributed by atoms with Gasteiger partial charge in [-0.2, -0.15) is 26.3 Å². The molecule has 4 rings (SSSR count). The first-order valence-electron chi connectivity index (χ1n) is 12.7. The first-order valence-corrected chi connectivity index (χ1v) is 12.7. The summed E-state index contributed by atoms with van der Waals surface area (Å²) in [6.07, 6.45) is -3.53. The number of alkyl halides is 6. The SMILES string of the molecule is Cc1ccc(C(C)(Cc2cc(C(F)(F)F)cc(C(F)(F)F)c2)N2CCN(C3CCCCC3)CC2)cc1. The minimum atomic E-state index is -4.86. The molecule has 1 unspecified atom stereocenters. The molecule has 0 radical (unpaired) electrons. The van der Waals surface area contributed by atoms with Crippen molar-refractivity contribution < 1.29 is 26.3 Å². The predicted octanol–water partition coefficient (Wildman–Crippen LogP) is 7.44. The van der Waals surface area contributed by atoms with Crippen LogP contribution in [-0.2, 0) is 24.3 Å². The molecule has 0 spiro atoms. The number of benzene rings is 2. The molecule has 8 heteroatoms. The van der Waals surface area contributed by atoms with Gasteiger partial charge in [-0.15, -0.1) is 0 Å². The molecule has 198 valence electrons. The fraction of sp³-hybridized carbons (Fsp3) is 0.571. The van der Waals surface area contributed by atoms with Crippen LogP contribution in [0.25, 0.3) is 0 Å². The summed E-state index contributed by atoms with van der Waals surface area (Å²) < 4.78 is 81.2. The molecule has 1 atom stereocenters. The van der Waals surface area contributed by atoms with Crippen LogP contribution in [-0.4, -0.2) is 42.0 Å². The molecule has 0 bridgehead atoms. The average molecular weight is 513 g/mol. The highest BCUT2D eigenvalue weighted by molar-refractivity contribution is 5.37. The Hall–Kier alpha value is -2.06. The Morgan fingerprint density at radius 3 is 1.75 bits per heavy atom. The summed E-state index contributed by atoms with van der Waals surface area (Å²) in [5.74, 6) is 0. The van der Waals surface area contributed by atoms with E-state index in [1.165, 1.54) is 32.1 Å². The molecule has 0 N–H and O–H groups in total. The number of aryl methyl sites for hydroxylation is 1. The van der Waals surface area contributed by atoms with Crippen LogP contribution >= 0.6 is 0 Å². The zero-order chi connectivity index (χ0) is 26.1. The van der Waals surface area contributed by atoms with Crippen LogP contribution in [0, 0.1) is 6.92 Å². The Bertz CT molecular complexity index is 984. The van der Waals surface area contributed by atoms with Gasteiger partial charge in [-0.05, 0) is 62.4 Å². The second-order valence-corrected chi connectivity index (χ2v) is 10.5. The van der Waals surface area contributed by atoms with Gasteiger partial charge >= 0.3 is 12.4 Å². The van der Waals surface area contributed by atoms with Crippen LogP contribution in [0.1, 0.15) is 66.8 Å². The molecule has 2 aromatic carbocycles. The van der Waals surface area contributed by atoms with Gasteiger partial charge in [0, 0.05) is 37.8 Å². The third-order valence-electron chi connectivity index (χ3n) is 7.97. The number of piperazine rings is 1. The first kappa shape index (κ1) is 27.0. The molecule has 2 aromatic rings. The van der Waals surface area contributed by atoms with Gasteiger partial charge in [-0.3, -0.25) is 9.80 Å². The molecule has 2 nitrogen and oxygen atoms in total. The van der Waals surface area contributed by atoms with Gasteiger partial charge in [-0.25, -0.2) is 0 Å². The van der Waals surface area contributed by atoms with E-state index < -0.39 is 29.0 Å². The fourth-order valence-corrected chi connectivity index (χ4v) is 5.85. The Labute approximate surface area is 209 Å². The van der Waals surface area contributed by atoms with Gasteiger partial charge in [0.25, 0.3) is 0 Å². The van der Waals surface area contributed by atoms with Crippen molar-refractivity contribution >= 4 is 0 Å². The van der Waals surface area contributed by atoms with Crippen LogP contribution in [0.3, 0.4) is 0 Å². The minimum absolute atomic E-state index is 0.0370. The molecule has 1 saturated carbocycles. The maximum absolute atomic E-state index is 13.5. The highest BCUT2D eigenvalue weighted by atomic mass is 19.4. The molecule has 1 aliphatic heterocycles. The van der Waals surface area contributed by atoms with Gasteiger partial charge in [0.15, 0.2) is 0 Å². The number of rotatable bonds is 5. The molecule has 1 heterocycles. The standard InChI is InChI=1S/C28H34F6N2/c1-20-8-10-22(11-9-20)26(2,36-14-12-35(13-15-36)25-6-4-3-5-7-25)19-21-16-23(27(29,30)31)18-24(17-21)28(32,33)34/h8-11,16-18,25H,3-7,12-15,19H2,1-2H3. The lowest BCUT2D eigenvalue weighted by Crippen LogP contribution is -2.57. The summed E-state index contributed by atoms with van der Waals surface area (Å²) in [6, 6.07) is 10.3. The zero-order valence-corrected chi connectivity index (χ0v) is 20.9. The van der Waals surface area contributed by atoms with Crippen molar-refractivity contribution in [3.63, 3.8) is 0 Å². The van der Waals surface area contributed by atoms with Crippen LogP contribution in [0.15, 0.2) is 42.5 Å². The smallest absolute Gasteiger partial charge is 0.298 e. The first-order chi connectivity index (χ1) is 16.9. The van der Waals surface area contributed by atoms with Gasteiger partial charge in [0.05, 0.1) is 11.1 Å². The summed E-state index contributed by atoms with van der Waals surface area (Å²) in [5, 5.41) is 0. The van der Waals surface area contributed by atoms with Crippen molar-refractivity contribution in [2.45, 2.75) is 76.3 Å². The second-order valence-electron chi connectivity index (χ2n) is 10.5. The summed E-state index contributed by atoms with van der Waals surface area (Å²) in [4.78, 5) is 4.75. The number of nitrogens with zero attached hydrogens (tertiary/aromatic N) is 2. The highest BCUT2D eigenvalue weighted by Crippen LogP contribution is 2.40. The minimum Gasteiger partial charge on any atom is -0.298 e. The Balaban J connectivity index is 1.66. The van der Waals surface area contributed by atoms with E-state index in [4.69, 9.17) is 0 Å². The molecule has 0 amide bonds. The maximum atomic E-state index is 13.5.